The van der Waals surface area contributed by atoms with Gasteiger partial charge in [0.15, 0.2) is 5.82 Å². The van der Waals surface area contributed by atoms with Gasteiger partial charge in [0.05, 0.1) is 5.69 Å². The molecule has 2 aromatic rings. The molecule has 3 atom stereocenters. The molecule has 2 aromatic heterocycles. The van der Waals surface area contributed by atoms with Crippen LogP contribution in [-0.4, -0.2) is 46.4 Å². The molecular formula is C18H22FN3O3. The first kappa shape index (κ1) is 16.5. The van der Waals surface area contributed by atoms with E-state index in [1.165, 1.54) is 12.3 Å². The predicted molar refractivity (Wildman–Crippen MR) is 87.8 cm³/mol. The maximum absolute atomic E-state index is 13.9. The van der Waals surface area contributed by atoms with Crippen LogP contribution < -0.4 is 4.74 Å². The molecular weight excluding hydrogens is 325 g/mol. The van der Waals surface area contributed by atoms with E-state index in [1.807, 2.05) is 13.8 Å². The van der Waals surface area contributed by atoms with Crippen molar-refractivity contribution in [2.75, 3.05) is 13.2 Å². The van der Waals surface area contributed by atoms with Gasteiger partial charge in [0.25, 0.3) is 5.88 Å². The van der Waals surface area contributed by atoms with Crippen molar-refractivity contribution in [2.45, 2.75) is 51.5 Å². The van der Waals surface area contributed by atoms with Crippen molar-refractivity contribution in [3.8, 4) is 5.88 Å². The Balaban J connectivity index is 1.54. The standard InChI is InChI=1S/C18H22FN3O3/c1-11-13(12(2)25-21-11)9-22-10-16(17-15(22)6-4-8-23-17)24-18-14(19)5-3-7-20-18/h3,5,7,15-17H,4,6,8-10H2,1-2H3/t15-,16-,17+/m1/s1. The van der Waals surface area contributed by atoms with Crippen molar-refractivity contribution >= 4 is 0 Å². The quantitative estimate of drug-likeness (QED) is 0.847. The fourth-order valence-electron chi connectivity index (χ4n) is 3.82. The average Bonchev–Trinajstić information content (AvgIpc) is 3.12. The number of fused-ring (bicyclic) bond motifs is 1. The first-order chi connectivity index (χ1) is 12.1. The molecule has 0 amide bonds. The number of pyridine rings is 1. The lowest BCUT2D eigenvalue weighted by Crippen LogP contribution is -2.42. The molecule has 0 aliphatic carbocycles. The molecule has 4 heterocycles. The molecule has 25 heavy (non-hydrogen) atoms. The lowest BCUT2D eigenvalue weighted by atomic mass is 10.0. The number of rotatable bonds is 4. The van der Waals surface area contributed by atoms with Gasteiger partial charge in [-0.15, -0.1) is 0 Å². The maximum Gasteiger partial charge on any atom is 0.250 e. The van der Waals surface area contributed by atoms with Crippen molar-refractivity contribution < 1.29 is 18.4 Å². The van der Waals surface area contributed by atoms with E-state index in [1.54, 1.807) is 6.07 Å². The fourth-order valence-corrected chi connectivity index (χ4v) is 3.82. The van der Waals surface area contributed by atoms with E-state index in [-0.39, 0.29) is 24.1 Å². The van der Waals surface area contributed by atoms with E-state index in [0.29, 0.717) is 13.2 Å². The van der Waals surface area contributed by atoms with Crippen LogP contribution in [0.1, 0.15) is 29.9 Å². The van der Waals surface area contributed by atoms with E-state index in [4.69, 9.17) is 14.0 Å². The Labute approximate surface area is 145 Å². The van der Waals surface area contributed by atoms with Crippen LogP contribution in [0, 0.1) is 19.7 Å². The molecule has 0 unspecified atom stereocenters. The van der Waals surface area contributed by atoms with Gasteiger partial charge in [0, 0.05) is 37.5 Å². The second-order valence-electron chi connectivity index (χ2n) is 6.72. The number of likely N-dealkylation sites (tertiary alicyclic amines) is 1. The zero-order valence-electron chi connectivity index (χ0n) is 14.4. The summed E-state index contributed by atoms with van der Waals surface area (Å²) in [5.41, 5.74) is 2.01. The number of hydrogen-bond donors (Lipinski definition) is 0. The highest BCUT2D eigenvalue weighted by atomic mass is 19.1. The second-order valence-corrected chi connectivity index (χ2v) is 6.72. The Morgan fingerprint density at radius 2 is 2.28 bits per heavy atom. The highest BCUT2D eigenvalue weighted by molar-refractivity contribution is 5.21. The third kappa shape index (κ3) is 3.14. The Morgan fingerprint density at radius 3 is 3.04 bits per heavy atom. The highest BCUT2D eigenvalue weighted by Gasteiger charge is 2.46. The van der Waals surface area contributed by atoms with E-state index < -0.39 is 5.82 Å². The molecule has 2 aliphatic heterocycles. The third-order valence-electron chi connectivity index (χ3n) is 5.11. The fraction of sp³-hybridized carbons (Fsp3) is 0.556. The van der Waals surface area contributed by atoms with Gasteiger partial charge in [0.1, 0.15) is 18.0 Å². The zero-order valence-corrected chi connectivity index (χ0v) is 14.4. The van der Waals surface area contributed by atoms with Gasteiger partial charge >= 0.3 is 0 Å². The molecule has 4 rings (SSSR count). The van der Waals surface area contributed by atoms with Crippen LogP contribution in [0.2, 0.25) is 0 Å². The molecule has 0 radical (unpaired) electrons. The van der Waals surface area contributed by atoms with Gasteiger partial charge in [-0.2, -0.15) is 0 Å². The van der Waals surface area contributed by atoms with E-state index in [0.717, 1.165) is 36.4 Å². The minimum atomic E-state index is -0.445. The summed E-state index contributed by atoms with van der Waals surface area (Å²) in [5, 5.41) is 4.04. The van der Waals surface area contributed by atoms with Crippen LogP contribution in [0.5, 0.6) is 5.88 Å². The first-order valence-corrected chi connectivity index (χ1v) is 8.68. The molecule has 0 bridgehead atoms. The van der Waals surface area contributed by atoms with Gasteiger partial charge in [-0.1, -0.05) is 5.16 Å². The van der Waals surface area contributed by atoms with Crippen molar-refractivity contribution in [1.82, 2.24) is 15.0 Å². The summed E-state index contributed by atoms with van der Waals surface area (Å²) in [5.74, 6) is 0.435. The lowest BCUT2D eigenvalue weighted by molar-refractivity contribution is -0.0487. The molecule has 0 saturated carbocycles. The number of ether oxygens (including phenoxy) is 2. The molecule has 2 aliphatic rings. The van der Waals surface area contributed by atoms with E-state index >= 15 is 0 Å². The monoisotopic (exact) mass is 347 g/mol. The topological polar surface area (TPSA) is 60.6 Å². The minimum Gasteiger partial charge on any atom is -0.468 e. The summed E-state index contributed by atoms with van der Waals surface area (Å²) in [6.07, 6.45) is 3.28. The normalized spacial score (nSPS) is 26.6. The van der Waals surface area contributed by atoms with Crippen molar-refractivity contribution in [1.29, 1.82) is 0 Å². The largest absolute Gasteiger partial charge is 0.468 e. The predicted octanol–water partition coefficient (Wildman–Crippen LogP) is 2.64. The van der Waals surface area contributed by atoms with Crippen LogP contribution in [0.25, 0.3) is 0 Å². The first-order valence-electron chi connectivity index (χ1n) is 8.68. The SMILES string of the molecule is Cc1noc(C)c1CN1C[C@@H](Oc2ncccc2F)[C@H]2OCCC[C@H]21. The van der Waals surface area contributed by atoms with Crippen LogP contribution in [0.4, 0.5) is 4.39 Å². The van der Waals surface area contributed by atoms with Crippen molar-refractivity contribution in [3.63, 3.8) is 0 Å². The number of nitrogens with zero attached hydrogens (tertiary/aromatic N) is 3. The molecule has 2 saturated heterocycles. The molecule has 0 aromatic carbocycles. The maximum atomic E-state index is 13.9. The summed E-state index contributed by atoms with van der Waals surface area (Å²) in [4.78, 5) is 6.35. The van der Waals surface area contributed by atoms with Crippen LogP contribution >= 0.6 is 0 Å². The van der Waals surface area contributed by atoms with Gasteiger partial charge in [0.2, 0.25) is 0 Å². The van der Waals surface area contributed by atoms with Crippen LogP contribution in [-0.2, 0) is 11.3 Å². The van der Waals surface area contributed by atoms with Gasteiger partial charge < -0.3 is 14.0 Å². The molecule has 134 valence electrons. The van der Waals surface area contributed by atoms with Crippen LogP contribution in [0.15, 0.2) is 22.9 Å². The Hall–Kier alpha value is -1.99. The van der Waals surface area contributed by atoms with E-state index in [9.17, 15) is 4.39 Å². The number of halogens is 1. The summed E-state index contributed by atoms with van der Waals surface area (Å²) in [7, 11) is 0. The van der Waals surface area contributed by atoms with Gasteiger partial charge in [-0.3, -0.25) is 4.90 Å². The number of aryl methyl sites for hydroxylation is 2. The molecule has 0 spiro atoms. The smallest absolute Gasteiger partial charge is 0.250 e. The third-order valence-corrected chi connectivity index (χ3v) is 5.11. The summed E-state index contributed by atoms with van der Waals surface area (Å²) < 4.78 is 31.1. The Morgan fingerprint density at radius 1 is 1.40 bits per heavy atom. The van der Waals surface area contributed by atoms with Gasteiger partial charge in [-0.05, 0) is 38.8 Å². The summed E-state index contributed by atoms with van der Waals surface area (Å²) >= 11 is 0. The number of hydrogen-bond acceptors (Lipinski definition) is 6. The summed E-state index contributed by atoms with van der Waals surface area (Å²) in [6.45, 7) is 5.99. The van der Waals surface area contributed by atoms with E-state index in [2.05, 4.69) is 15.0 Å². The molecule has 7 heteroatoms. The average molecular weight is 347 g/mol. The lowest BCUT2D eigenvalue weighted by Gasteiger charge is -2.32. The molecule has 2 fully saturated rings. The molecule has 0 N–H and O–H groups in total. The van der Waals surface area contributed by atoms with Gasteiger partial charge in [-0.25, -0.2) is 9.37 Å². The van der Waals surface area contributed by atoms with Crippen molar-refractivity contribution in [2.24, 2.45) is 0 Å². The molecule has 6 nitrogen and oxygen atoms in total. The van der Waals surface area contributed by atoms with Crippen LogP contribution in [0.3, 0.4) is 0 Å². The Bertz CT molecular complexity index is 731. The zero-order chi connectivity index (χ0) is 17.4. The second kappa shape index (κ2) is 6.72. The Kier molecular flexibility index (Phi) is 4.43. The highest BCUT2D eigenvalue weighted by Crippen LogP contribution is 2.33. The van der Waals surface area contributed by atoms with Crippen molar-refractivity contribution in [3.05, 3.63) is 41.2 Å². The minimum absolute atomic E-state index is 0.0413. The number of aromatic nitrogens is 2. The summed E-state index contributed by atoms with van der Waals surface area (Å²) in [6, 6.07) is 3.16.